The standard InChI is InChI=1S/C19H25NO4/c1-13(2)23-24-19(3,4)22-17-11-7-15(8-12-17)18(21)14-5-9-16(20)10-6-14/h5,7-9,11-13H,6,10,20H2,1-4H3. The number of ether oxygens (including phenoxy) is 1. The Kier molecular flexibility index (Phi) is 5.80. The first-order valence-corrected chi connectivity index (χ1v) is 8.10. The average Bonchev–Trinajstić information content (AvgIpc) is 2.53. The van der Waals surface area contributed by atoms with Crippen LogP contribution in [0, 0.1) is 0 Å². The molecule has 0 amide bonds. The topological polar surface area (TPSA) is 70.8 Å². The highest BCUT2D eigenvalue weighted by Gasteiger charge is 2.23. The van der Waals surface area contributed by atoms with Gasteiger partial charge in [0.15, 0.2) is 5.78 Å². The lowest BCUT2D eigenvalue weighted by atomic mass is 9.95. The third kappa shape index (κ3) is 5.22. The molecule has 5 heteroatoms. The van der Waals surface area contributed by atoms with E-state index >= 15 is 0 Å². The molecule has 0 heterocycles. The smallest absolute Gasteiger partial charge is 0.235 e. The molecule has 0 aliphatic heterocycles. The van der Waals surface area contributed by atoms with Gasteiger partial charge in [-0.25, -0.2) is 4.89 Å². The van der Waals surface area contributed by atoms with Crippen molar-refractivity contribution < 1.29 is 19.3 Å². The summed E-state index contributed by atoms with van der Waals surface area (Å²) in [7, 11) is 0. The van der Waals surface area contributed by atoms with E-state index in [4.69, 9.17) is 20.2 Å². The van der Waals surface area contributed by atoms with Crippen molar-refractivity contribution in [2.24, 2.45) is 5.73 Å². The molecule has 1 aromatic rings. The van der Waals surface area contributed by atoms with Gasteiger partial charge in [0.1, 0.15) is 5.75 Å². The molecule has 2 N–H and O–H groups in total. The largest absolute Gasteiger partial charge is 0.460 e. The van der Waals surface area contributed by atoms with Crippen LogP contribution in [0.2, 0.25) is 0 Å². The van der Waals surface area contributed by atoms with Gasteiger partial charge in [0.2, 0.25) is 5.79 Å². The first kappa shape index (κ1) is 18.2. The molecule has 24 heavy (non-hydrogen) atoms. The number of Topliss-reactive ketones (excluding diaryl/α,β-unsaturated/α-hetero) is 1. The summed E-state index contributed by atoms with van der Waals surface area (Å²) in [5.41, 5.74) is 7.93. The number of benzene rings is 1. The minimum Gasteiger partial charge on any atom is -0.460 e. The lowest BCUT2D eigenvalue weighted by Crippen LogP contribution is -2.33. The van der Waals surface area contributed by atoms with Crippen LogP contribution in [0.25, 0.3) is 0 Å². The van der Waals surface area contributed by atoms with Gasteiger partial charge < -0.3 is 10.5 Å². The van der Waals surface area contributed by atoms with E-state index in [2.05, 4.69) is 0 Å². The quantitative estimate of drug-likeness (QED) is 0.355. The molecule has 1 aliphatic carbocycles. The Hall–Kier alpha value is -2.11. The molecule has 5 nitrogen and oxygen atoms in total. The zero-order valence-corrected chi connectivity index (χ0v) is 14.7. The zero-order valence-electron chi connectivity index (χ0n) is 14.7. The van der Waals surface area contributed by atoms with Crippen molar-refractivity contribution in [2.45, 2.75) is 52.4 Å². The molecule has 2 rings (SSSR count). The van der Waals surface area contributed by atoms with Crippen molar-refractivity contribution in [3.05, 3.63) is 53.3 Å². The average molecular weight is 331 g/mol. The van der Waals surface area contributed by atoms with Crippen molar-refractivity contribution >= 4 is 5.78 Å². The van der Waals surface area contributed by atoms with Crippen LogP contribution in [0.15, 0.2) is 47.7 Å². The Morgan fingerprint density at radius 3 is 2.33 bits per heavy atom. The predicted molar refractivity (Wildman–Crippen MR) is 92.4 cm³/mol. The van der Waals surface area contributed by atoms with Crippen molar-refractivity contribution in [1.82, 2.24) is 0 Å². The summed E-state index contributed by atoms with van der Waals surface area (Å²) in [5, 5.41) is 0. The predicted octanol–water partition coefficient (Wildman–Crippen LogP) is 3.90. The van der Waals surface area contributed by atoms with Crippen LogP contribution in [0.1, 0.15) is 50.9 Å². The van der Waals surface area contributed by atoms with Crippen molar-refractivity contribution in [1.29, 1.82) is 0 Å². The Morgan fingerprint density at radius 1 is 1.12 bits per heavy atom. The summed E-state index contributed by atoms with van der Waals surface area (Å²) < 4.78 is 5.75. The van der Waals surface area contributed by atoms with Gasteiger partial charge in [0.05, 0.1) is 6.10 Å². The van der Waals surface area contributed by atoms with Crippen LogP contribution in [0.5, 0.6) is 5.75 Å². The normalized spacial score (nSPS) is 15.0. The highest BCUT2D eigenvalue weighted by Crippen LogP contribution is 2.23. The molecule has 0 saturated heterocycles. The lowest BCUT2D eigenvalue weighted by molar-refractivity contribution is -0.413. The molecule has 0 unspecified atom stereocenters. The van der Waals surface area contributed by atoms with Crippen LogP contribution < -0.4 is 10.5 Å². The minimum atomic E-state index is -0.927. The molecule has 0 radical (unpaired) electrons. The van der Waals surface area contributed by atoms with E-state index < -0.39 is 5.79 Å². The number of allylic oxidation sites excluding steroid dienone is 4. The van der Waals surface area contributed by atoms with E-state index in [-0.39, 0.29) is 11.9 Å². The molecule has 0 bridgehead atoms. The maximum Gasteiger partial charge on any atom is 0.235 e. The van der Waals surface area contributed by atoms with Crippen molar-refractivity contribution in [3.63, 3.8) is 0 Å². The maximum atomic E-state index is 12.5. The second-order valence-corrected chi connectivity index (χ2v) is 6.52. The molecular weight excluding hydrogens is 306 g/mol. The van der Waals surface area contributed by atoms with Crippen LogP contribution in [-0.4, -0.2) is 17.7 Å². The number of rotatable bonds is 7. The highest BCUT2D eigenvalue weighted by atomic mass is 17.2. The third-order valence-electron chi connectivity index (χ3n) is 3.39. The highest BCUT2D eigenvalue weighted by molar-refractivity contribution is 6.09. The summed E-state index contributed by atoms with van der Waals surface area (Å²) >= 11 is 0. The second-order valence-electron chi connectivity index (χ2n) is 6.52. The SMILES string of the molecule is CC(C)OOC(C)(C)Oc1ccc(C(=O)C2=CC=C(N)CC2)cc1. The summed E-state index contributed by atoms with van der Waals surface area (Å²) in [6.07, 6.45) is 4.93. The molecule has 1 aromatic carbocycles. The fourth-order valence-electron chi connectivity index (χ4n) is 2.22. The van der Waals surface area contributed by atoms with Crippen molar-refractivity contribution in [3.8, 4) is 5.75 Å². The van der Waals surface area contributed by atoms with Gasteiger partial charge in [-0.1, -0.05) is 6.08 Å². The molecule has 0 saturated carbocycles. The van der Waals surface area contributed by atoms with E-state index in [0.717, 1.165) is 17.7 Å². The molecule has 130 valence electrons. The number of hydrogen-bond acceptors (Lipinski definition) is 5. The van der Waals surface area contributed by atoms with Gasteiger partial charge in [-0.05, 0) is 57.0 Å². The number of carbonyl (C=O) groups excluding carboxylic acids is 1. The van der Waals surface area contributed by atoms with Gasteiger partial charge in [-0.3, -0.25) is 4.79 Å². The monoisotopic (exact) mass is 331 g/mol. The van der Waals surface area contributed by atoms with Crippen LogP contribution in [0.4, 0.5) is 0 Å². The van der Waals surface area contributed by atoms with Crippen LogP contribution >= 0.6 is 0 Å². The second kappa shape index (κ2) is 7.64. The summed E-state index contributed by atoms with van der Waals surface area (Å²) in [5.74, 6) is -0.307. The Morgan fingerprint density at radius 2 is 1.79 bits per heavy atom. The number of carbonyl (C=O) groups is 1. The van der Waals surface area contributed by atoms with Crippen LogP contribution in [0.3, 0.4) is 0 Å². The molecular formula is C19H25NO4. The Bertz CT molecular complexity index is 642. The van der Waals surface area contributed by atoms with Crippen LogP contribution in [-0.2, 0) is 9.78 Å². The van der Waals surface area contributed by atoms with E-state index in [0.29, 0.717) is 17.7 Å². The number of nitrogens with two attached hydrogens (primary N) is 1. The fraction of sp³-hybridized carbons (Fsp3) is 0.421. The maximum absolute atomic E-state index is 12.5. The van der Waals surface area contributed by atoms with Gasteiger partial charge in [-0.2, -0.15) is 4.89 Å². The molecule has 0 fully saturated rings. The van der Waals surface area contributed by atoms with E-state index in [1.54, 1.807) is 50.3 Å². The number of hydrogen-bond donors (Lipinski definition) is 1. The molecule has 0 spiro atoms. The Labute approximate surface area is 143 Å². The number of ketones is 1. The van der Waals surface area contributed by atoms with Gasteiger partial charge in [-0.15, -0.1) is 0 Å². The Balaban J connectivity index is 2.01. The molecule has 0 atom stereocenters. The summed E-state index contributed by atoms with van der Waals surface area (Å²) in [6, 6.07) is 7.00. The van der Waals surface area contributed by atoms with Gasteiger partial charge in [0, 0.05) is 30.7 Å². The fourth-order valence-corrected chi connectivity index (χ4v) is 2.22. The van der Waals surface area contributed by atoms with Gasteiger partial charge >= 0.3 is 0 Å². The molecule has 1 aliphatic rings. The minimum absolute atomic E-state index is 0.0175. The zero-order chi connectivity index (χ0) is 17.7. The summed E-state index contributed by atoms with van der Waals surface area (Å²) in [4.78, 5) is 22.8. The van der Waals surface area contributed by atoms with Gasteiger partial charge in [0.25, 0.3) is 0 Å². The van der Waals surface area contributed by atoms with E-state index in [9.17, 15) is 4.79 Å². The van der Waals surface area contributed by atoms with E-state index in [1.807, 2.05) is 13.8 Å². The first-order chi connectivity index (χ1) is 11.3. The van der Waals surface area contributed by atoms with Crippen molar-refractivity contribution in [2.75, 3.05) is 0 Å². The molecule has 0 aromatic heterocycles. The van der Waals surface area contributed by atoms with E-state index in [1.165, 1.54) is 0 Å². The lowest BCUT2D eigenvalue weighted by Gasteiger charge is -2.26. The summed E-state index contributed by atoms with van der Waals surface area (Å²) in [6.45, 7) is 7.27. The first-order valence-electron chi connectivity index (χ1n) is 8.10. The third-order valence-corrected chi connectivity index (χ3v) is 3.39.